The van der Waals surface area contributed by atoms with Gasteiger partial charge in [-0.1, -0.05) is 114 Å². The van der Waals surface area contributed by atoms with Crippen molar-refractivity contribution in [3.8, 4) is 29.3 Å². The Morgan fingerprint density at radius 3 is 1.45 bits per heavy atom. The smallest absolute Gasteiger partial charge is 0.160 e. The maximum Gasteiger partial charge on any atom is 0.160 e. The Morgan fingerprint density at radius 2 is 0.961 bits per heavy atom. The van der Waals surface area contributed by atoms with Crippen LogP contribution in [0.5, 0.6) is 0 Å². The summed E-state index contributed by atoms with van der Waals surface area (Å²) in [6.45, 7) is 4.57. The molecule has 0 aliphatic heterocycles. The van der Waals surface area contributed by atoms with Crippen molar-refractivity contribution in [2.24, 2.45) is 0 Å². The predicted octanol–water partition coefficient (Wildman–Crippen LogP) is 16.0. The maximum atomic E-state index is 11.6. The standard InChI is InChI=1S/C45H51NOS4/c1-3-5-7-9-11-15-21-34-31-41(50-44(34)39-28-27-38(33-47)48-39)42-32-35(22-16-12-10-8-6-4-2)45(51-42)40-29-30-43(49-40)46(36-23-17-13-18-24-36)37-25-19-14-20-26-37/h13-14,17-20,23-33H,3-12,15-16,21-22H2,1-2H3. The summed E-state index contributed by atoms with van der Waals surface area (Å²) in [5, 5.41) is 1.23. The number of carbonyl (C=O) groups excluding carboxylic acids is 1. The number of carbonyl (C=O) groups is 1. The molecule has 0 radical (unpaired) electrons. The minimum Gasteiger partial charge on any atom is -0.302 e. The number of rotatable bonds is 21. The summed E-state index contributed by atoms with van der Waals surface area (Å²) in [6, 6.07) is 35.2. The van der Waals surface area contributed by atoms with E-state index in [9.17, 15) is 4.79 Å². The van der Waals surface area contributed by atoms with Crippen LogP contribution in [-0.4, -0.2) is 6.29 Å². The second-order valence-corrected chi connectivity index (χ2v) is 17.7. The summed E-state index contributed by atoms with van der Waals surface area (Å²) >= 11 is 7.41. The largest absolute Gasteiger partial charge is 0.302 e. The van der Waals surface area contributed by atoms with Crippen LogP contribution in [0.25, 0.3) is 29.3 Å². The van der Waals surface area contributed by atoms with E-state index in [0.29, 0.717) is 0 Å². The third-order valence-corrected chi connectivity index (χ3v) is 14.5. The fourth-order valence-corrected chi connectivity index (χ4v) is 11.4. The van der Waals surface area contributed by atoms with Gasteiger partial charge in [0.1, 0.15) is 5.00 Å². The molecule has 6 aromatic rings. The molecule has 0 saturated carbocycles. The topological polar surface area (TPSA) is 20.3 Å². The van der Waals surface area contributed by atoms with Gasteiger partial charge < -0.3 is 4.90 Å². The number of unbranched alkanes of at least 4 members (excludes halogenated alkanes) is 10. The van der Waals surface area contributed by atoms with Gasteiger partial charge in [-0.2, -0.15) is 0 Å². The highest BCUT2D eigenvalue weighted by Crippen LogP contribution is 2.49. The fourth-order valence-electron chi connectivity index (χ4n) is 6.75. The van der Waals surface area contributed by atoms with Gasteiger partial charge in [-0.25, -0.2) is 0 Å². The minimum absolute atomic E-state index is 0.804. The van der Waals surface area contributed by atoms with Crippen molar-refractivity contribution in [1.29, 1.82) is 0 Å². The molecular weight excluding hydrogens is 699 g/mol. The van der Waals surface area contributed by atoms with Crippen molar-refractivity contribution in [1.82, 2.24) is 0 Å². The van der Waals surface area contributed by atoms with Crippen LogP contribution in [0.1, 0.15) is 112 Å². The molecule has 0 amide bonds. The van der Waals surface area contributed by atoms with Crippen LogP contribution in [0.4, 0.5) is 16.4 Å². The van der Waals surface area contributed by atoms with Crippen LogP contribution < -0.4 is 4.90 Å². The van der Waals surface area contributed by atoms with Crippen molar-refractivity contribution in [3.63, 3.8) is 0 Å². The molecule has 51 heavy (non-hydrogen) atoms. The summed E-state index contributed by atoms with van der Waals surface area (Å²) < 4.78 is 0. The Kier molecular flexibility index (Phi) is 14.3. The second-order valence-electron chi connectivity index (χ2n) is 13.4. The third kappa shape index (κ3) is 9.98. The predicted molar refractivity (Wildman–Crippen MR) is 228 cm³/mol. The first kappa shape index (κ1) is 37.5. The zero-order valence-electron chi connectivity index (χ0n) is 30.2. The van der Waals surface area contributed by atoms with Gasteiger partial charge in [0, 0.05) is 40.6 Å². The molecule has 4 heterocycles. The number of benzene rings is 2. The van der Waals surface area contributed by atoms with Gasteiger partial charge >= 0.3 is 0 Å². The van der Waals surface area contributed by atoms with Gasteiger partial charge in [0.2, 0.25) is 0 Å². The lowest BCUT2D eigenvalue weighted by atomic mass is 10.0. The summed E-state index contributed by atoms with van der Waals surface area (Å²) in [5.41, 5.74) is 5.27. The zero-order valence-corrected chi connectivity index (χ0v) is 33.5. The zero-order chi connectivity index (χ0) is 35.3. The number of hydrogen-bond donors (Lipinski definition) is 0. The molecule has 0 aliphatic carbocycles. The summed E-state index contributed by atoms with van der Waals surface area (Å²) in [4.78, 5) is 22.9. The first-order chi connectivity index (χ1) is 25.2. The van der Waals surface area contributed by atoms with Crippen LogP contribution in [0.2, 0.25) is 0 Å². The lowest BCUT2D eigenvalue weighted by molar-refractivity contribution is 0.112. The number of nitrogens with zero attached hydrogens (tertiary/aromatic N) is 1. The average molecular weight is 750 g/mol. The van der Waals surface area contributed by atoms with E-state index >= 15 is 0 Å². The number of hydrogen-bond acceptors (Lipinski definition) is 6. The highest BCUT2D eigenvalue weighted by atomic mass is 32.1. The molecule has 0 bridgehead atoms. The Bertz CT molecular complexity index is 1870. The summed E-state index contributed by atoms with van der Waals surface area (Å²) in [5.74, 6) is 0. The minimum atomic E-state index is 0.804. The van der Waals surface area contributed by atoms with E-state index in [0.717, 1.165) is 24.0 Å². The molecule has 0 N–H and O–H groups in total. The van der Waals surface area contributed by atoms with Crippen molar-refractivity contribution in [2.45, 2.75) is 104 Å². The average Bonchev–Trinajstić information content (AvgIpc) is 3.99. The molecule has 0 fully saturated rings. The van der Waals surface area contributed by atoms with Gasteiger partial charge in [0.25, 0.3) is 0 Å². The first-order valence-electron chi connectivity index (χ1n) is 19.0. The molecule has 266 valence electrons. The quantitative estimate of drug-likeness (QED) is 0.0539. The lowest BCUT2D eigenvalue weighted by Crippen LogP contribution is -2.07. The summed E-state index contributed by atoms with van der Waals surface area (Å²) in [7, 11) is 0. The van der Waals surface area contributed by atoms with Gasteiger partial charge in [-0.15, -0.1) is 45.3 Å². The Morgan fingerprint density at radius 1 is 0.490 bits per heavy atom. The van der Waals surface area contributed by atoms with E-state index in [1.54, 1.807) is 11.3 Å². The molecule has 0 spiro atoms. The molecule has 0 unspecified atom stereocenters. The van der Waals surface area contributed by atoms with E-state index in [-0.39, 0.29) is 0 Å². The van der Waals surface area contributed by atoms with Crippen LogP contribution >= 0.6 is 45.3 Å². The van der Waals surface area contributed by atoms with Crippen molar-refractivity contribution < 1.29 is 4.79 Å². The van der Waals surface area contributed by atoms with Gasteiger partial charge in [0.05, 0.1) is 4.88 Å². The maximum absolute atomic E-state index is 11.6. The van der Waals surface area contributed by atoms with Gasteiger partial charge in [-0.3, -0.25) is 4.79 Å². The van der Waals surface area contributed by atoms with E-state index in [4.69, 9.17) is 0 Å². The molecular formula is C45H51NOS4. The lowest BCUT2D eigenvalue weighted by Gasteiger charge is -2.23. The van der Waals surface area contributed by atoms with Gasteiger partial charge in [0.15, 0.2) is 6.29 Å². The number of para-hydroxylation sites is 2. The Hall–Kier alpha value is -3.29. The highest BCUT2D eigenvalue weighted by Gasteiger charge is 2.21. The number of thiophene rings is 4. The van der Waals surface area contributed by atoms with Crippen molar-refractivity contribution in [3.05, 3.63) is 113 Å². The molecule has 0 saturated heterocycles. The van der Waals surface area contributed by atoms with Crippen LogP contribution in [0.3, 0.4) is 0 Å². The molecule has 4 aromatic heterocycles. The third-order valence-electron chi connectivity index (χ3n) is 9.49. The first-order valence-corrected chi connectivity index (χ1v) is 22.3. The van der Waals surface area contributed by atoms with E-state index < -0.39 is 0 Å². The molecule has 6 heteroatoms. The molecule has 0 atom stereocenters. The highest BCUT2D eigenvalue weighted by molar-refractivity contribution is 7.29. The van der Waals surface area contributed by atoms with E-state index in [1.165, 1.54) is 134 Å². The monoisotopic (exact) mass is 749 g/mol. The number of aryl methyl sites for hydroxylation is 2. The fraction of sp³-hybridized carbons (Fsp3) is 0.356. The molecule has 0 aliphatic rings. The SMILES string of the molecule is CCCCCCCCc1cc(-c2cc(CCCCCCCC)c(-c3ccc(N(c4ccccc4)c4ccccc4)s3)s2)sc1-c1ccc(C=O)s1. The Labute approximate surface area is 321 Å². The van der Waals surface area contributed by atoms with E-state index in [2.05, 4.69) is 110 Å². The number of anilines is 3. The van der Waals surface area contributed by atoms with Crippen LogP contribution in [0.15, 0.2) is 97.1 Å². The normalized spacial score (nSPS) is 11.3. The second kappa shape index (κ2) is 19.5. The van der Waals surface area contributed by atoms with Gasteiger partial charge in [-0.05, 0) is 97.5 Å². The van der Waals surface area contributed by atoms with E-state index in [1.807, 2.05) is 40.1 Å². The van der Waals surface area contributed by atoms with Crippen LogP contribution in [0, 0.1) is 0 Å². The molecule has 2 nitrogen and oxygen atoms in total. The number of aldehydes is 1. The van der Waals surface area contributed by atoms with Crippen molar-refractivity contribution >= 4 is 68.0 Å². The molecule has 2 aromatic carbocycles. The van der Waals surface area contributed by atoms with Crippen molar-refractivity contribution in [2.75, 3.05) is 4.90 Å². The summed E-state index contributed by atoms with van der Waals surface area (Å²) in [6.07, 6.45) is 18.8. The van der Waals surface area contributed by atoms with Crippen LogP contribution in [-0.2, 0) is 12.8 Å². The molecule has 6 rings (SSSR count). The Balaban J connectivity index is 1.33.